The number of carbonyl (C=O) groups excluding carboxylic acids is 1. The van der Waals surface area contributed by atoms with Crippen molar-refractivity contribution in [2.45, 2.75) is 17.1 Å². The van der Waals surface area contributed by atoms with Crippen LogP contribution in [0.2, 0.25) is 0 Å². The van der Waals surface area contributed by atoms with Gasteiger partial charge in [0, 0.05) is 12.4 Å². The van der Waals surface area contributed by atoms with Crippen molar-refractivity contribution < 1.29 is 23.2 Å². The van der Waals surface area contributed by atoms with Gasteiger partial charge in [-0.15, -0.1) is 0 Å². The Bertz CT molecular complexity index is 745. The molecule has 2 aromatic rings. The molecule has 1 unspecified atom stereocenters. The van der Waals surface area contributed by atoms with Gasteiger partial charge in [-0.3, -0.25) is 15.0 Å². The molecule has 0 saturated heterocycles. The lowest BCUT2D eigenvalue weighted by Gasteiger charge is -2.11. The number of carbonyl (C=O) groups is 1. The first kappa shape index (κ1) is 15.9. The molecule has 0 aliphatic rings. The van der Waals surface area contributed by atoms with Crippen LogP contribution in [-0.2, 0) is 14.6 Å². The van der Waals surface area contributed by atoms with Gasteiger partial charge in [0.2, 0.25) is 0 Å². The number of pyridine rings is 1. The molecule has 8 heteroatoms. The fraction of sp³-hybridized carbons (Fsp3) is 0.143. The van der Waals surface area contributed by atoms with E-state index in [4.69, 9.17) is 9.94 Å². The standard InChI is InChI=1S/C14H14N2O5S/c1-10(14(17)16-18)22(19,20)13-4-2-11(3-5-13)21-12-6-8-15-9-7-12/h2-10,18H,1H3,(H,16,17). The minimum absolute atomic E-state index is 0.0364. The van der Waals surface area contributed by atoms with Gasteiger partial charge in [0.15, 0.2) is 9.84 Å². The molecule has 1 heterocycles. The van der Waals surface area contributed by atoms with Crippen molar-refractivity contribution in [1.82, 2.24) is 10.5 Å². The molecule has 1 aromatic carbocycles. The Morgan fingerprint density at radius 2 is 1.68 bits per heavy atom. The molecule has 0 saturated carbocycles. The maximum atomic E-state index is 12.2. The van der Waals surface area contributed by atoms with Gasteiger partial charge in [0.05, 0.1) is 4.90 Å². The summed E-state index contributed by atoms with van der Waals surface area (Å²) in [5, 5.41) is 7.14. The predicted molar refractivity (Wildman–Crippen MR) is 77.3 cm³/mol. The largest absolute Gasteiger partial charge is 0.457 e. The summed E-state index contributed by atoms with van der Waals surface area (Å²) in [5.74, 6) is 0.0279. The quantitative estimate of drug-likeness (QED) is 0.639. The Balaban J connectivity index is 2.20. The van der Waals surface area contributed by atoms with Gasteiger partial charge in [0.1, 0.15) is 16.7 Å². The molecule has 1 aromatic heterocycles. The second-order valence-corrected chi connectivity index (χ2v) is 6.69. The highest BCUT2D eigenvalue weighted by molar-refractivity contribution is 7.92. The number of nitrogens with one attached hydrogen (secondary N) is 1. The van der Waals surface area contributed by atoms with E-state index in [1.165, 1.54) is 36.7 Å². The van der Waals surface area contributed by atoms with Crippen LogP contribution in [0.4, 0.5) is 0 Å². The highest BCUT2D eigenvalue weighted by Gasteiger charge is 2.29. The van der Waals surface area contributed by atoms with Crippen LogP contribution in [-0.4, -0.2) is 29.8 Å². The number of hydroxylamine groups is 1. The van der Waals surface area contributed by atoms with E-state index in [-0.39, 0.29) is 4.90 Å². The number of hydrogen-bond acceptors (Lipinski definition) is 6. The van der Waals surface area contributed by atoms with Crippen molar-refractivity contribution in [2.24, 2.45) is 0 Å². The van der Waals surface area contributed by atoms with E-state index in [1.54, 1.807) is 24.5 Å². The van der Waals surface area contributed by atoms with Gasteiger partial charge < -0.3 is 4.74 Å². The highest BCUT2D eigenvalue weighted by Crippen LogP contribution is 2.24. The van der Waals surface area contributed by atoms with Crippen LogP contribution in [0, 0.1) is 0 Å². The molecule has 0 radical (unpaired) electrons. The average molecular weight is 322 g/mol. The Hall–Kier alpha value is -2.45. The molecule has 7 nitrogen and oxygen atoms in total. The zero-order chi connectivity index (χ0) is 16.2. The Kier molecular flexibility index (Phi) is 4.74. The van der Waals surface area contributed by atoms with Crippen LogP contribution in [0.3, 0.4) is 0 Å². The van der Waals surface area contributed by atoms with E-state index in [0.29, 0.717) is 11.5 Å². The second kappa shape index (κ2) is 6.54. The van der Waals surface area contributed by atoms with E-state index in [0.717, 1.165) is 0 Å². The first-order valence-corrected chi connectivity index (χ1v) is 7.85. The topological polar surface area (TPSA) is 106 Å². The molecule has 1 atom stereocenters. The molecular formula is C14H14N2O5S. The molecule has 0 spiro atoms. The third-order valence-corrected chi connectivity index (χ3v) is 5.06. The maximum Gasteiger partial charge on any atom is 0.261 e. The first-order valence-electron chi connectivity index (χ1n) is 6.31. The molecule has 2 rings (SSSR count). The molecule has 0 aliphatic heterocycles. The van der Waals surface area contributed by atoms with Gasteiger partial charge in [-0.2, -0.15) is 0 Å². The number of rotatable bonds is 5. The monoisotopic (exact) mass is 322 g/mol. The van der Waals surface area contributed by atoms with Crippen LogP contribution in [0.1, 0.15) is 6.92 Å². The number of aromatic nitrogens is 1. The molecule has 0 bridgehead atoms. The molecule has 22 heavy (non-hydrogen) atoms. The number of ether oxygens (including phenoxy) is 1. The summed E-state index contributed by atoms with van der Waals surface area (Å²) in [6.45, 7) is 1.20. The number of amides is 1. The summed E-state index contributed by atoms with van der Waals surface area (Å²) >= 11 is 0. The predicted octanol–water partition coefficient (Wildman–Crippen LogP) is 1.54. The first-order chi connectivity index (χ1) is 10.4. The summed E-state index contributed by atoms with van der Waals surface area (Å²) in [7, 11) is -3.88. The number of nitrogens with zero attached hydrogens (tertiary/aromatic N) is 1. The number of benzene rings is 1. The molecule has 1 amide bonds. The van der Waals surface area contributed by atoms with Crippen molar-refractivity contribution in [3.8, 4) is 11.5 Å². The molecular weight excluding hydrogens is 308 g/mol. The highest BCUT2D eigenvalue weighted by atomic mass is 32.2. The Morgan fingerprint density at radius 3 is 2.23 bits per heavy atom. The molecule has 116 valence electrons. The van der Waals surface area contributed by atoms with Crippen molar-refractivity contribution in [2.75, 3.05) is 0 Å². The minimum atomic E-state index is -3.88. The third-order valence-electron chi connectivity index (χ3n) is 2.98. The van der Waals surface area contributed by atoms with Crippen molar-refractivity contribution in [1.29, 1.82) is 0 Å². The lowest BCUT2D eigenvalue weighted by atomic mass is 10.3. The minimum Gasteiger partial charge on any atom is -0.457 e. The lowest BCUT2D eigenvalue weighted by Crippen LogP contribution is -2.36. The second-order valence-electron chi connectivity index (χ2n) is 4.42. The van der Waals surface area contributed by atoms with Crippen molar-refractivity contribution in [3.05, 3.63) is 48.8 Å². The van der Waals surface area contributed by atoms with Crippen LogP contribution < -0.4 is 10.2 Å². The zero-order valence-electron chi connectivity index (χ0n) is 11.6. The SMILES string of the molecule is CC(C(=O)NO)S(=O)(=O)c1ccc(Oc2ccncc2)cc1. The van der Waals surface area contributed by atoms with Crippen LogP contribution in [0.15, 0.2) is 53.7 Å². The average Bonchev–Trinajstić information content (AvgIpc) is 2.55. The lowest BCUT2D eigenvalue weighted by molar-refractivity contribution is -0.128. The summed E-state index contributed by atoms with van der Waals surface area (Å²) in [5.41, 5.74) is 1.34. The smallest absolute Gasteiger partial charge is 0.261 e. The van der Waals surface area contributed by atoms with Gasteiger partial charge in [-0.1, -0.05) is 0 Å². The van der Waals surface area contributed by atoms with Gasteiger partial charge in [-0.05, 0) is 43.3 Å². The molecule has 0 aliphatic carbocycles. The van der Waals surface area contributed by atoms with Gasteiger partial charge in [0.25, 0.3) is 5.91 Å². The van der Waals surface area contributed by atoms with Crippen molar-refractivity contribution in [3.63, 3.8) is 0 Å². The Morgan fingerprint density at radius 1 is 1.14 bits per heavy atom. The summed E-state index contributed by atoms with van der Waals surface area (Å²) < 4.78 is 29.9. The molecule has 2 N–H and O–H groups in total. The van der Waals surface area contributed by atoms with E-state index in [2.05, 4.69) is 4.98 Å². The summed E-state index contributed by atoms with van der Waals surface area (Å²) in [4.78, 5) is 15.1. The fourth-order valence-corrected chi connectivity index (χ4v) is 2.93. The van der Waals surface area contributed by atoms with E-state index < -0.39 is 21.0 Å². The summed E-state index contributed by atoms with van der Waals surface area (Å²) in [6, 6.07) is 8.98. The van der Waals surface area contributed by atoms with E-state index in [1.807, 2.05) is 0 Å². The molecule has 0 fully saturated rings. The number of hydrogen-bond donors (Lipinski definition) is 2. The Labute approximate surface area is 127 Å². The van der Waals surface area contributed by atoms with Gasteiger partial charge in [-0.25, -0.2) is 13.9 Å². The van der Waals surface area contributed by atoms with Gasteiger partial charge >= 0.3 is 0 Å². The van der Waals surface area contributed by atoms with Crippen LogP contribution >= 0.6 is 0 Å². The van der Waals surface area contributed by atoms with Crippen LogP contribution in [0.25, 0.3) is 0 Å². The third kappa shape index (κ3) is 3.41. The van der Waals surface area contributed by atoms with Crippen LogP contribution in [0.5, 0.6) is 11.5 Å². The maximum absolute atomic E-state index is 12.2. The normalized spacial score (nSPS) is 12.5. The van der Waals surface area contributed by atoms with E-state index >= 15 is 0 Å². The zero-order valence-corrected chi connectivity index (χ0v) is 12.4. The fourth-order valence-electron chi connectivity index (χ4n) is 1.68. The summed E-state index contributed by atoms with van der Waals surface area (Å²) in [6.07, 6.45) is 3.15. The number of sulfone groups is 1. The van der Waals surface area contributed by atoms with E-state index in [9.17, 15) is 13.2 Å². The van der Waals surface area contributed by atoms with Crippen molar-refractivity contribution >= 4 is 15.7 Å².